The van der Waals surface area contributed by atoms with Gasteiger partial charge in [0.15, 0.2) is 0 Å². The molecule has 0 aliphatic carbocycles. The van der Waals surface area contributed by atoms with E-state index in [0.717, 1.165) is 43.2 Å². The zero-order chi connectivity index (χ0) is 9.80. The van der Waals surface area contributed by atoms with Gasteiger partial charge >= 0.3 is 0 Å². The molecule has 0 amide bonds. The Bertz CT molecular complexity index is 300. The minimum atomic E-state index is 0.877. The summed E-state index contributed by atoms with van der Waals surface area (Å²) in [6.07, 6.45) is 3.59. The van der Waals surface area contributed by atoms with E-state index in [9.17, 15) is 0 Å². The number of rotatable bonds is 2. The summed E-state index contributed by atoms with van der Waals surface area (Å²) in [7, 11) is 0. The van der Waals surface area contributed by atoms with E-state index in [4.69, 9.17) is 5.21 Å². The van der Waals surface area contributed by atoms with Crippen LogP contribution in [-0.4, -0.2) is 33.9 Å². The normalized spacial score (nSPS) is 18.4. The smallest absolute Gasteiger partial charge is 0.107 e. The van der Waals surface area contributed by atoms with E-state index in [0.29, 0.717) is 0 Å². The maximum atomic E-state index is 8.59. The average molecular weight is 211 g/mol. The van der Waals surface area contributed by atoms with Gasteiger partial charge in [0, 0.05) is 37.5 Å². The molecule has 2 heterocycles. The van der Waals surface area contributed by atoms with Gasteiger partial charge in [0.1, 0.15) is 5.01 Å². The largest absolute Gasteiger partial charge is 0.411 e. The van der Waals surface area contributed by atoms with E-state index in [-0.39, 0.29) is 0 Å². The van der Waals surface area contributed by atoms with Crippen LogP contribution in [0.2, 0.25) is 0 Å². The molecule has 0 spiro atoms. The van der Waals surface area contributed by atoms with Crippen molar-refractivity contribution in [2.24, 2.45) is 5.16 Å². The van der Waals surface area contributed by atoms with Gasteiger partial charge in [0.25, 0.3) is 0 Å². The Labute approximate surface area is 86.9 Å². The van der Waals surface area contributed by atoms with Crippen LogP contribution in [0.3, 0.4) is 0 Å². The number of nitrogens with zero attached hydrogens (tertiary/aromatic N) is 3. The molecule has 1 aliphatic rings. The molecule has 0 bridgehead atoms. The summed E-state index contributed by atoms with van der Waals surface area (Å²) in [6.45, 7) is 2.87. The Morgan fingerprint density at radius 3 is 2.86 bits per heavy atom. The minimum absolute atomic E-state index is 0.877. The van der Waals surface area contributed by atoms with Crippen molar-refractivity contribution in [3.63, 3.8) is 0 Å². The summed E-state index contributed by atoms with van der Waals surface area (Å²) < 4.78 is 0. The predicted octanol–water partition coefficient (Wildman–Crippen LogP) is 1.57. The van der Waals surface area contributed by atoms with E-state index < -0.39 is 0 Å². The highest BCUT2D eigenvalue weighted by Gasteiger charge is 2.15. The fourth-order valence-corrected chi connectivity index (χ4v) is 2.25. The van der Waals surface area contributed by atoms with Crippen LogP contribution in [0.4, 0.5) is 0 Å². The highest BCUT2D eigenvalue weighted by Crippen LogP contribution is 2.13. The first kappa shape index (κ1) is 9.61. The number of hydrogen-bond acceptors (Lipinski definition) is 5. The van der Waals surface area contributed by atoms with E-state index in [2.05, 4.69) is 15.0 Å². The topological polar surface area (TPSA) is 48.7 Å². The molecule has 0 unspecified atom stereocenters. The second-order valence-electron chi connectivity index (χ2n) is 3.37. The molecular weight excluding hydrogens is 198 g/mol. The third-order valence-corrected chi connectivity index (χ3v) is 3.18. The van der Waals surface area contributed by atoms with Gasteiger partial charge in [-0.25, -0.2) is 4.98 Å². The van der Waals surface area contributed by atoms with Gasteiger partial charge in [-0.2, -0.15) is 0 Å². The lowest BCUT2D eigenvalue weighted by Gasteiger charge is -2.25. The Balaban J connectivity index is 1.84. The quantitative estimate of drug-likeness (QED) is 0.596. The first-order valence-corrected chi connectivity index (χ1v) is 5.57. The van der Waals surface area contributed by atoms with E-state index in [1.54, 1.807) is 11.3 Å². The number of oxime groups is 1. The summed E-state index contributed by atoms with van der Waals surface area (Å²) in [5, 5.41) is 15.0. The zero-order valence-electron chi connectivity index (χ0n) is 7.89. The van der Waals surface area contributed by atoms with Crippen molar-refractivity contribution < 1.29 is 5.21 Å². The predicted molar refractivity (Wildman–Crippen MR) is 55.8 cm³/mol. The molecule has 0 atom stereocenters. The Hall–Kier alpha value is -0.940. The fourth-order valence-electron chi connectivity index (χ4n) is 1.59. The summed E-state index contributed by atoms with van der Waals surface area (Å²) in [5.74, 6) is 0. The number of thiazole rings is 1. The van der Waals surface area contributed by atoms with Crippen molar-refractivity contribution in [2.45, 2.75) is 19.4 Å². The van der Waals surface area contributed by atoms with Crippen LogP contribution in [-0.2, 0) is 6.54 Å². The van der Waals surface area contributed by atoms with Gasteiger partial charge in [0.05, 0.1) is 12.3 Å². The van der Waals surface area contributed by atoms with E-state index in [1.807, 2.05) is 11.6 Å². The van der Waals surface area contributed by atoms with Crippen LogP contribution < -0.4 is 0 Å². The molecule has 5 heteroatoms. The van der Waals surface area contributed by atoms with Crippen LogP contribution in [0.1, 0.15) is 17.8 Å². The summed E-state index contributed by atoms with van der Waals surface area (Å²) in [5.41, 5.74) is 0.917. The summed E-state index contributed by atoms with van der Waals surface area (Å²) in [4.78, 5) is 6.59. The molecule has 4 nitrogen and oxygen atoms in total. The van der Waals surface area contributed by atoms with Crippen LogP contribution in [0.15, 0.2) is 16.7 Å². The van der Waals surface area contributed by atoms with Crippen molar-refractivity contribution in [3.8, 4) is 0 Å². The molecule has 1 fully saturated rings. The molecule has 0 saturated carbocycles. The second-order valence-corrected chi connectivity index (χ2v) is 4.35. The van der Waals surface area contributed by atoms with Crippen LogP contribution >= 0.6 is 11.3 Å². The zero-order valence-corrected chi connectivity index (χ0v) is 8.70. The molecule has 1 aromatic rings. The minimum Gasteiger partial charge on any atom is -0.411 e. The Kier molecular flexibility index (Phi) is 3.10. The van der Waals surface area contributed by atoms with Crippen molar-refractivity contribution in [1.29, 1.82) is 0 Å². The van der Waals surface area contributed by atoms with Crippen LogP contribution in [0.5, 0.6) is 0 Å². The molecule has 1 saturated heterocycles. The molecular formula is C9H13N3OS. The first-order chi connectivity index (χ1) is 6.88. The van der Waals surface area contributed by atoms with Gasteiger partial charge in [-0.15, -0.1) is 11.3 Å². The van der Waals surface area contributed by atoms with Gasteiger partial charge in [-0.05, 0) is 0 Å². The lowest BCUT2D eigenvalue weighted by molar-refractivity contribution is 0.256. The molecule has 76 valence electrons. The maximum Gasteiger partial charge on any atom is 0.107 e. The third-order valence-electron chi connectivity index (χ3n) is 2.42. The molecule has 2 rings (SSSR count). The van der Waals surface area contributed by atoms with Crippen molar-refractivity contribution >= 4 is 17.0 Å². The number of piperidine rings is 1. The molecule has 14 heavy (non-hydrogen) atoms. The maximum absolute atomic E-state index is 8.59. The van der Waals surface area contributed by atoms with Crippen molar-refractivity contribution in [3.05, 3.63) is 16.6 Å². The third kappa shape index (κ3) is 2.30. The number of likely N-dealkylation sites (tertiary alicyclic amines) is 1. The summed E-state index contributed by atoms with van der Waals surface area (Å²) in [6, 6.07) is 0. The first-order valence-electron chi connectivity index (χ1n) is 4.69. The SMILES string of the molecule is ON=C1CCN(Cc2nccs2)CC1. The number of aromatic nitrogens is 1. The van der Waals surface area contributed by atoms with Crippen molar-refractivity contribution in [2.75, 3.05) is 13.1 Å². The van der Waals surface area contributed by atoms with Crippen molar-refractivity contribution in [1.82, 2.24) is 9.88 Å². The monoisotopic (exact) mass is 211 g/mol. The molecule has 0 aromatic carbocycles. The van der Waals surface area contributed by atoms with Crippen LogP contribution in [0, 0.1) is 0 Å². The van der Waals surface area contributed by atoms with Gasteiger partial charge in [0.2, 0.25) is 0 Å². The Morgan fingerprint density at radius 1 is 1.50 bits per heavy atom. The average Bonchev–Trinajstić information content (AvgIpc) is 2.72. The highest BCUT2D eigenvalue weighted by atomic mass is 32.1. The van der Waals surface area contributed by atoms with E-state index >= 15 is 0 Å². The van der Waals surface area contributed by atoms with Gasteiger partial charge < -0.3 is 5.21 Å². The molecule has 1 aromatic heterocycles. The summed E-state index contributed by atoms with van der Waals surface area (Å²) >= 11 is 1.69. The highest BCUT2D eigenvalue weighted by molar-refractivity contribution is 7.09. The number of hydrogen-bond donors (Lipinski definition) is 1. The van der Waals surface area contributed by atoms with E-state index in [1.165, 1.54) is 0 Å². The fraction of sp³-hybridized carbons (Fsp3) is 0.556. The van der Waals surface area contributed by atoms with Gasteiger partial charge in [-0.3, -0.25) is 4.90 Å². The molecule has 1 N–H and O–H groups in total. The lowest BCUT2D eigenvalue weighted by Crippen LogP contribution is -2.33. The van der Waals surface area contributed by atoms with Gasteiger partial charge in [-0.1, -0.05) is 5.16 Å². The Morgan fingerprint density at radius 2 is 2.29 bits per heavy atom. The lowest BCUT2D eigenvalue weighted by atomic mass is 10.1. The molecule has 1 aliphatic heterocycles. The standard InChI is InChI=1S/C9H13N3OS/c13-11-8-1-4-12(5-2-8)7-9-10-3-6-14-9/h3,6,13H,1-2,4-5,7H2. The second kappa shape index (κ2) is 4.52. The van der Waals surface area contributed by atoms with Crippen LogP contribution in [0.25, 0.3) is 0 Å². The molecule has 0 radical (unpaired) electrons.